The van der Waals surface area contributed by atoms with E-state index >= 15 is 0 Å². The number of ketones is 1. The van der Waals surface area contributed by atoms with Crippen LogP contribution in [0.3, 0.4) is 0 Å². The summed E-state index contributed by atoms with van der Waals surface area (Å²) < 4.78 is 10.4. The van der Waals surface area contributed by atoms with Crippen molar-refractivity contribution in [2.75, 3.05) is 18.2 Å². The van der Waals surface area contributed by atoms with E-state index < -0.39 is 12.1 Å². The Balaban J connectivity index is 2.08. The van der Waals surface area contributed by atoms with E-state index in [9.17, 15) is 14.4 Å². The smallest absolute Gasteiger partial charge is 0.342 e. The van der Waals surface area contributed by atoms with Crippen LogP contribution in [0.5, 0.6) is 5.75 Å². The van der Waals surface area contributed by atoms with Gasteiger partial charge in [0, 0.05) is 23.7 Å². The number of Topliss-reactive ketones (excluding diaryl/α,β-unsaturated/α-hetero) is 1. The Kier molecular flexibility index (Phi) is 7.61. The van der Waals surface area contributed by atoms with Crippen LogP contribution >= 0.6 is 11.6 Å². The zero-order valence-electron chi connectivity index (χ0n) is 16.5. The van der Waals surface area contributed by atoms with Gasteiger partial charge in [-0.2, -0.15) is 0 Å². The van der Waals surface area contributed by atoms with Crippen molar-refractivity contribution in [3.05, 3.63) is 52.5 Å². The summed E-state index contributed by atoms with van der Waals surface area (Å²) in [5, 5.41) is 2.92. The van der Waals surface area contributed by atoms with Crippen molar-refractivity contribution in [3.63, 3.8) is 0 Å². The topological polar surface area (TPSA) is 108 Å². The monoisotopic (exact) mass is 418 g/mol. The van der Waals surface area contributed by atoms with Crippen LogP contribution in [-0.4, -0.2) is 30.9 Å². The SMILES string of the molecule is CCCC(=O)Nc1ccc(C(=O)[C@H](C)OC(=O)c2cc(Cl)c(N)cc2OC)cc1. The maximum absolute atomic E-state index is 12.6. The van der Waals surface area contributed by atoms with Gasteiger partial charge in [-0.1, -0.05) is 18.5 Å². The summed E-state index contributed by atoms with van der Waals surface area (Å²) in [7, 11) is 1.38. The van der Waals surface area contributed by atoms with Crippen molar-refractivity contribution in [1.82, 2.24) is 0 Å². The molecular weight excluding hydrogens is 396 g/mol. The zero-order chi connectivity index (χ0) is 21.6. The van der Waals surface area contributed by atoms with Crippen LogP contribution in [-0.2, 0) is 9.53 Å². The summed E-state index contributed by atoms with van der Waals surface area (Å²) in [6, 6.07) is 9.13. The van der Waals surface area contributed by atoms with Gasteiger partial charge in [0.15, 0.2) is 6.10 Å². The average molecular weight is 419 g/mol. The number of ether oxygens (including phenoxy) is 2. The maximum atomic E-state index is 12.6. The number of hydrogen-bond acceptors (Lipinski definition) is 6. The van der Waals surface area contributed by atoms with Crippen LogP contribution in [0.1, 0.15) is 47.4 Å². The number of rotatable bonds is 8. The highest BCUT2D eigenvalue weighted by molar-refractivity contribution is 6.33. The van der Waals surface area contributed by atoms with Gasteiger partial charge in [0.25, 0.3) is 0 Å². The Bertz CT molecular complexity index is 912. The Morgan fingerprint density at radius 2 is 1.83 bits per heavy atom. The largest absolute Gasteiger partial charge is 0.496 e. The molecule has 0 unspecified atom stereocenters. The number of nitrogens with one attached hydrogen (secondary N) is 1. The molecule has 0 aliphatic heterocycles. The van der Waals surface area contributed by atoms with Crippen molar-refractivity contribution < 1.29 is 23.9 Å². The van der Waals surface area contributed by atoms with Crippen molar-refractivity contribution >= 4 is 40.6 Å². The fourth-order valence-electron chi connectivity index (χ4n) is 2.58. The first-order chi connectivity index (χ1) is 13.8. The van der Waals surface area contributed by atoms with E-state index in [2.05, 4.69) is 5.32 Å². The molecule has 0 heterocycles. The second-order valence-corrected chi connectivity index (χ2v) is 6.77. The molecule has 0 aliphatic carbocycles. The number of carbonyl (C=O) groups is 3. The summed E-state index contributed by atoms with van der Waals surface area (Å²) in [5.41, 5.74) is 6.97. The van der Waals surface area contributed by atoms with Gasteiger partial charge in [0.1, 0.15) is 11.3 Å². The minimum Gasteiger partial charge on any atom is -0.496 e. The normalized spacial score (nSPS) is 11.4. The first-order valence-corrected chi connectivity index (χ1v) is 9.42. The number of carbonyl (C=O) groups excluding carboxylic acids is 3. The van der Waals surface area contributed by atoms with E-state index in [1.807, 2.05) is 6.92 Å². The van der Waals surface area contributed by atoms with Crippen molar-refractivity contribution in [1.29, 1.82) is 0 Å². The summed E-state index contributed by atoms with van der Waals surface area (Å²) in [4.78, 5) is 36.7. The molecule has 3 N–H and O–H groups in total. The zero-order valence-corrected chi connectivity index (χ0v) is 17.2. The minimum absolute atomic E-state index is 0.0698. The molecule has 0 spiro atoms. The second-order valence-electron chi connectivity index (χ2n) is 6.36. The van der Waals surface area contributed by atoms with Crippen LogP contribution in [0, 0.1) is 0 Å². The molecule has 154 valence electrons. The number of nitrogens with two attached hydrogens (primary N) is 1. The summed E-state index contributed by atoms with van der Waals surface area (Å²) in [6.07, 6.45) is 0.130. The Morgan fingerprint density at radius 3 is 2.41 bits per heavy atom. The molecule has 0 fully saturated rings. The molecule has 0 aromatic heterocycles. The van der Waals surface area contributed by atoms with Gasteiger partial charge in [0.2, 0.25) is 11.7 Å². The molecule has 0 saturated carbocycles. The summed E-state index contributed by atoms with van der Waals surface area (Å²) in [6.45, 7) is 3.39. The molecule has 0 radical (unpaired) electrons. The number of halogens is 1. The van der Waals surface area contributed by atoms with Gasteiger partial charge in [-0.3, -0.25) is 9.59 Å². The van der Waals surface area contributed by atoms with E-state index in [-0.39, 0.29) is 33.7 Å². The average Bonchev–Trinajstić information content (AvgIpc) is 2.69. The van der Waals surface area contributed by atoms with Gasteiger partial charge in [-0.15, -0.1) is 0 Å². The van der Waals surface area contributed by atoms with Crippen LogP contribution in [0.4, 0.5) is 11.4 Å². The minimum atomic E-state index is -1.04. The molecule has 1 amide bonds. The first-order valence-electron chi connectivity index (χ1n) is 9.04. The van der Waals surface area contributed by atoms with E-state index in [1.165, 1.54) is 26.2 Å². The van der Waals surface area contributed by atoms with E-state index in [0.29, 0.717) is 17.7 Å². The van der Waals surface area contributed by atoms with Crippen LogP contribution in [0.2, 0.25) is 5.02 Å². The van der Waals surface area contributed by atoms with Crippen LogP contribution < -0.4 is 15.8 Å². The molecule has 29 heavy (non-hydrogen) atoms. The third-order valence-electron chi connectivity index (χ3n) is 4.12. The standard InChI is InChI=1S/C21H23ClN2O5/c1-4-5-19(25)24-14-8-6-13(7-9-14)20(26)12(2)29-21(27)15-10-16(22)17(23)11-18(15)28-3/h6-12H,4-5,23H2,1-3H3,(H,24,25)/t12-/m0/s1. The summed E-state index contributed by atoms with van der Waals surface area (Å²) >= 11 is 5.97. The molecule has 0 aliphatic rings. The maximum Gasteiger partial charge on any atom is 0.342 e. The highest BCUT2D eigenvalue weighted by Gasteiger charge is 2.23. The fourth-order valence-corrected chi connectivity index (χ4v) is 2.74. The predicted molar refractivity (Wildman–Crippen MR) is 112 cm³/mol. The first kappa shape index (κ1) is 22.2. The lowest BCUT2D eigenvalue weighted by atomic mass is 10.1. The highest BCUT2D eigenvalue weighted by atomic mass is 35.5. The third kappa shape index (κ3) is 5.71. The van der Waals surface area contributed by atoms with Crippen LogP contribution in [0.15, 0.2) is 36.4 Å². The third-order valence-corrected chi connectivity index (χ3v) is 4.45. The lowest BCUT2D eigenvalue weighted by Crippen LogP contribution is -2.24. The molecule has 0 saturated heterocycles. The van der Waals surface area contributed by atoms with Gasteiger partial charge in [0.05, 0.1) is 17.8 Å². The van der Waals surface area contributed by atoms with E-state index in [1.54, 1.807) is 24.3 Å². The molecule has 2 aromatic rings. The highest BCUT2D eigenvalue weighted by Crippen LogP contribution is 2.29. The number of benzene rings is 2. The fraction of sp³-hybridized carbons (Fsp3) is 0.286. The van der Waals surface area contributed by atoms with Gasteiger partial charge >= 0.3 is 5.97 Å². The molecule has 8 heteroatoms. The quantitative estimate of drug-likeness (QED) is 0.379. The Labute approximate surface area is 174 Å². The number of hydrogen-bond donors (Lipinski definition) is 2. The molecule has 2 aromatic carbocycles. The second kappa shape index (κ2) is 9.93. The summed E-state index contributed by atoms with van der Waals surface area (Å²) in [5.74, 6) is -1.04. The molecule has 7 nitrogen and oxygen atoms in total. The van der Waals surface area contributed by atoms with Crippen molar-refractivity contribution in [3.8, 4) is 5.75 Å². The number of anilines is 2. The molecule has 0 bridgehead atoms. The van der Waals surface area contributed by atoms with Crippen molar-refractivity contribution in [2.45, 2.75) is 32.8 Å². The van der Waals surface area contributed by atoms with Gasteiger partial charge in [-0.05, 0) is 43.7 Å². The van der Waals surface area contributed by atoms with Gasteiger partial charge < -0.3 is 20.5 Å². The van der Waals surface area contributed by atoms with Gasteiger partial charge in [-0.25, -0.2) is 4.79 Å². The lowest BCUT2D eigenvalue weighted by molar-refractivity contribution is -0.116. The number of amides is 1. The van der Waals surface area contributed by atoms with Crippen LogP contribution in [0.25, 0.3) is 0 Å². The predicted octanol–water partition coefficient (Wildman–Crippen LogP) is 4.10. The van der Waals surface area contributed by atoms with Crippen molar-refractivity contribution in [2.24, 2.45) is 0 Å². The Hall–Kier alpha value is -3.06. The molecule has 1 atom stereocenters. The lowest BCUT2D eigenvalue weighted by Gasteiger charge is -2.15. The molecule has 2 rings (SSSR count). The van der Waals surface area contributed by atoms with E-state index in [0.717, 1.165) is 6.42 Å². The molecular formula is C21H23ClN2O5. The number of nitrogen functional groups attached to an aromatic ring is 1. The number of esters is 1. The Morgan fingerprint density at radius 1 is 1.17 bits per heavy atom. The number of methoxy groups -OCH3 is 1. The van der Waals surface area contributed by atoms with E-state index in [4.69, 9.17) is 26.8 Å².